The van der Waals surface area contributed by atoms with Crippen LogP contribution in [0.25, 0.3) is 0 Å². The molecule has 0 saturated heterocycles. The first kappa shape index (κ1) is 36.0. The van der Waals surface area contributed by atoms with E-state index in [1.807, 2.05) is 0 Å². The van der Waals surface area contributed by atoms with Gasteiger partial charge in [0.15, 0.2) is 0 Å². The van der Waals surface area contributed by atoms with Gasteiger partial charge in [0, 0.05) is 0 Å². The Balaban J connectivity index is 0. The summed E-state index contributed by atoms with van der Waals surface area (Å²) in [6.07, 6.45) is 0. The summed E-state index contributed by atoms with van der Waals surface area (Å²) in [5, 5.41) is 0. The van der Waals surface area contributed by atoms with Crippen LogP contribution in [0.2, 0.25) is 23.9 Å². The van der Waals surface area contributed by atoms with E-state index in [1.54, 1.807) is 23.9 Å². The Morgan fingerprint density at radius 1 is 0.250 bits per heavy atom. The predicted octanol–water partition coefficient (Wildman–Crippen LogP) is 11.2. The molecule has 0 heterocycles. The van der Waals surface area contributed by atoms with Gasteiger partial charge in [0.2, 0.25) is 0 Å². The van der Waals surface area contributed by atoms with Gasteiger partial charge in [-0.05, 0) is 0 Å². The van der Waals surface area contributed by atoms with E-state index in [2.05, 4.69) is 125 Å². The van der Waals surface area contributed by atoms with E-state index in [0.717, 1.165) is 0 Å². The Morgan fingerprint density at radius 2 is 0.344 bits per heavy atom. The van der Waals surface area contributed by atoms with Crippen LogP contribution in [0.15, 0.2) is 0 Å². The van der Waals surface area contributed by atoms with Gasteiger partial charge in [-0.15, -0.1) is 0 Å². The van der Waals surface area contributed by atoms with E-state index in [1.165, 1.54) is 0 Å². The molecule has 32 heavy (non-hydrogen) atoms. The molecule has 0 N–H and O–H groups in total. The zero-order chi connectivity index (χ0) is 26.4. The van der Waals surface area contributed by atoms with E-state index in [9.17, 15) is 0 Å². The Kier molecular flexibility index (Phi) is 15.1. The molecule has 0 amide bonds. The van der Waals surface area contributed by atoms with E-state index in [4.69, 9.17) is 0 Å². The van der Waals surface area contributed by atoms with Crippen molar-refractivity contribution in [3.05, 3.63) is 0 Å². The van der Waals surface area contributed by atoms with Gasteiger partial charge >= 0.3 is 226 Å². The summed E-state index contributed by atoms with van der Waals surface area (Å²) < 4.78 is 9.37. The topological polar surface area (TPSA) is 0 Å². The molecule has 0 bridgehead atoms. The maximum absolute atomic E-state index is 2.42. The van der Waals surface area contributed by atoms with Gasteiger partial charge < -0.3 is 0 Å². The van der Waals surface area contributed by atoms with Crippen LogP contribution in [0.5, 0.6) is 0 Å². The second-order valence-electron chi connectivity index (χ2n) is 17.9. The molecular weight excluding hydrogens is 775 g/mol. The monoisotopic (exact) mass is 842 g/mol. The molecule has 2 heteroatoms. The molecule has 0 aromatic heterocycles. The number of hydrogen-bond donors (Lipinski definition) is 0. The Bertz CT molecular complexity index is 366. The third-order valence-electron chi connectivity index (χ3n) is 4.68. The van der Waals surface area contributed by atoms with E-state index in [-0.39, 0.29) is 0 Å². The van der Waals surface area contributed by atoms with Crippen LogP contribution in [0.4, 0.5) is 0 Å². The quantitative estimate of drug-likeness (QED) is 0.234. The van der Waals surface area contributed by atoms with Gasteiger partial charge in [-0.3, -0.25) is 0 Å². The van der Waals surface area contributed by atoms with Crippen molar-refractivity contribution < 1.29 is 0 Å². The summed E-state index contributed by atoms with van der Waals surface area (Å²) in [6, 6.07) is 0. The Morgan fingerprint density at radius 3 is 0.406 bits per heavy atom. The van der Waals surface area contributed by atoms with Crippen LogP contribution < -0.4 is 0 Å². The Labute approximate surface area is 224 Å². The fraction of sp³-hybridized carbons (Fsp3) is 1.00. The average Bonchev–Trinajstić information content (AvgIpc) is 2.24. The fourth-order valence-electron chi connectivity index (χ4n) is 4.87. The second kappa shape index (κ2) is 13.4. The summed E-state index contributed by atoms with van der Waals surface area (Å²) in [6.45, 7) is 43.6. The van der Waals surface area contributed by atoms with E-state index < -0.39 is 45.4 Å². The molecule has 0 rings (SSSR count). The van der Waals surface area contributed by atoms with E-state index in [0.29, 0.717) is 32.5 Å². The molecule has 0 nitrogen and oxygen atoms in total. The van der Waals surface area contributed by atoms with Crippen molar-refractivity contribution in [1.29, 1.82) is 0 Å². The van der Waals surface area contributed by atoms with Crippen LogP contribution in [0.3, 0.4) is 0 Å². The van der Waals surface area contributed by atoms with Crippen LogP contribution in [0, 0.1) is 32.5 Å². The summed E-state index contributed by atoms with van der Waals surface area (Å²) in [5.41, 5.74) is 3.32. The first-order chi connectivity index (χ1) is 13.6. The summed E-state index contributed by atoms with van der Waals surface area (Å²) in [5.74, 6) is 0. The van der Waals surface area contributed by atoms with Crippen LogP contribution >= 0.6 is 0 Å². The molecule has 2 radical (unpaired) electrons. The minimum absolute atomic E-state index is 0.554. The van der Waals surface area contributed by atoms with Gasteiger partial charge in [0.05, 0.1) is 0 Å². The van der Waals surface area contributed by atoms with E-state index >= 15 is 0 Å². The summed E-state index contributed by atoms with van der Waals surface area (Å²) in [7, 11) is 0. The molecule has 0 fully saturated rings. The van der Waals surface area contributed by atoms with Gasteiger partial charge in [0.1, 0.15) is 0 Å². The van der Waals surface area contributed by atoms with Crippen molar-refractivity contribution in [2.75, 3.05) is 0 Å². The first-order valence-corrected chi connectivity index (χ1v) is 29.7. The number of rotatable bonds is 6. The average molecular weight is 841 g/mol. The van der Waals surface area contributed by atoms with Crippen molar-refractivity contribution in [1.82, 2.24) is 0 Å². The Hall–Kier alpha value is 1.84. The summed E-state index contributed by atoms with van der Waals surface area (Å²) in [4.78, 5) is 0. The predicted molar refractivity (Wildman–Crippen MR) is 157 cm³/mol. The second-order valence-corrected chi connectivity index (χ2v) is 37.8. The summed E-state index contributed by atoms with van der Waals surface area (Å²) >= 11 is -2.79. The fourth-order valence-corrected chi connectivity index (χ4v) is 42.8. The molecule has 0 aromatic carbocycles. The number of hydrogen-bond acceptors (Lipinski definition) is 0. The molecular formula is C30H66Pb2. The standard InChI is InChI=1S/6C5H11.2Pb/c6*1-5(2,3)4;;/h6*1H2,2-4H3;;. The zero-order valence-corrected chi connectivity index (χ0v) is 34.0. The van der Waals surface area contributed by atoms with Gasteiger partial charge in [0.25, 0.3) is 0 Å². The van der Waals surface area contributed by atoms with Gasteiger partial charge in [-0.25, -0.2) is 0 Å². The molecule has 0 aliphatic rings. The molecule has 0 spiro atoms. The van der Waals surface area contributed by atoms with Gasteiger partial charge in [-0.1, -0.05) is 0 Å². The van der Waals surface area contributed by atoms with Crippen LogP contribution in [-0.2, 0) is 0 Å². The zero-order valence-electron chi connectivity index (χ0n) is 26.2. The van der Waals surface area contributed by atoms with Crippen molar-refractivity contribution in [3.63, 3.8) is 0 Å². The molecule has 0 aliphatic carbocycles. The van der Waals surface area contributed by atoms with Crippen molar-refractivity contribution in [3.8, 4) is 0 Å². The molecule has 0 saturated carbocycles. The van der Waals surface area contributed by atoms with Crippen LogP contribution in [-0.4, -0.2) is 45.4 Å². The van der Waals surface area contributed by atoms with Crippen LogP contribution in [0.1, 0.15) is 125 Å². The molecule has 0 aliphatic heterocycles. The SMILES string of the molecule is CC(C)(C)[CH2][Pb]([CH2]C(C)(C)C)[CH2]C(C)(C)C.CC(C)(C)[CH2][Pb]([CH2]C(C)(C)C)[CH2]C(C)(C)C. The van der Waals surface area contributed by atoms with Crippen molar-refractivity contribution in [2.45, 2.75) is 149 Å². The third-order valence-corrected chi connectivity index (χ3v) is 41.1. The van der Waals surface area contributed by atoms with Gasteiger partial charge in [-0.2, -0.15) is 0 Å². The molecule has 0 unspecified atom stereocenters. The maximum atomic E-state index is 2.42. The third kappa shape index (κ3) is 29.9. The normalized spacial score (nSPS) is 14.6. The molecule has 194 valence electrons. The van der Waals surface area contributed by atoms with Crippen molar-refractivity contribution in [2.24, 2.45) is 32.5 Å². The minimum atomic E-state index is -1.39. The van der Waals surface area contributed by atoms with Crippen molar-refractivity contribution >= 4 is 45.4 Å². The molecule has 0 aromatic rings. The first-order valence-electron chi connectivity index (χ1n) is 13.2. The molecule has 0 atom stereocenters.